The second-order valence-electron chi connectivity index (χ2n) is 7.68. The van der Waals surface area contributed by atoms with Crippen molar-refractivity contribution in [3.05, 3.63) is 35.4 Å². The first kappa shape index (κ1) is 18.0. The molecular formula is C22H22O8. The molecule has 8 heteroatoms. The van der Waals surface area contributed by atoms with Crippen molar-refractivity contribution in [1.29, 1.82) is 0 Å². The lowest BCUT2D eigenvalue weighted by Crippen LogP contribution is -2.15. The summed E-state index contributed by atoms with van der Waals surface area (Å²) in [6, 6.07) is 7.80. The predicted octanol–water partition coefficient (Wildman–Crippen LogP) is 3.24. The van der Waals surface area contributed by atoms with Gasteiger partial charge in [-0.3, -0.25) is 0 Å². The summed E-state index contributed by atoms with van der Waals surface area (Å²) in [7, 11) is 3.28. The molecule has 0 spiro atoms. The minimum absolute atomic E-state index is 0.149. The van der Waals surface area contributed by atoms with E-state index in [4.69, 9.17) is 37.9 Å². The highest BCUT2D eigenvalue weighted by atomic mass is 16.7. The molecule has 4 heterocycles. The van der Waals surface area contributed by atoms with Crippen molar-refractivity contribution in [2.75, 3.05) is 41.0 Å². The SMILES string of the molecule is COc1c([C@H]2OC[C@H]3[C@@H]2CO[C@@H]3c2ccc3c(c2OC)OCO3)ccc2c1OCO2. The summed E-state index contributed by atoms with van der Waals surface area (Å²) >= 11 is 0. The molecule has 2 aromatic carbocycles. The Kier molecular flexibility index (Phi) is 4.10. The zero-order valence-electron chi connectivity index (χ0n) is 16.7. The summed E-state index contributed by atoms with van der Waals surface area (Å²) in [5.41, 5.74) is 1.91. The average molecular weight is 414 g/mol. The Hall–Kier alpha value is -2.84. The van der Waals surface area contributed by atoms with Crippen LogP contribution in [0.1, 0.15) is 23.3 Å². The normalized spacial score (nSPS) is 27.9. The Balaban J connectivity index is 1.33. The number of rotatable bonds is 4. The van der Waals surface area contributed by atoms with Crippen LogP contribution < -0.4 is 28.4 Å². The van der Waals surface area contributed by atoms with Gasteiger partial charge in [0.2, 0.25) is 25.1 Å². The number of methoxy groups -OCH3 is 2. The molecule has 8 nitrogen and oxygen atoms in total. The van der Waals surface area contributed by atoms with Gasteiger partial charge in [-0.25, -0.2) is 0 Å². The van der Waals surface area contributed by atoms with Crippen molar-refractivity contribution in [2.45, 2.75) is 12.2 Å². The van der Waals surface area contributed by atoms with Crippen LogP contribution in [0.3, 0.4) is 0 Å². The lowest BCUT2D eigenvalue weighted by atomic mass is 9.84. The van der Waals surface area contributed by atoms with Crippen LogP contribution in [0.2, 0.25) is 0 Å². The molecule has 0 radical (unpaired) electrons. The van der Waals surface area contributed by atoms with Crippen molar-refractivity contribution in [3.63, 3.8) is 0 Å². The van der Waals surface area contributed by atoms with Crippen molar-refractivity contribution >= 4 is 0 Å². The number of benzene rings is 2. The lowest BCUT2D eigenvalue weighted by molar-refractivity contribution is 0.0176. The third-order valence-corrected chi connectivity index (χ3v) is 6.33. The summed E-state index contributed by atoms with van der Waals surface area (Å²) in [5, 5.41) is 0. The standard InChI is InChI=1S/C22H22O8/c1-23-19-11(3-5-15-21(19)29-9-27-15)17-13-7-26-18(14(13)8-25-17)12-4-6-16-22(20(12)24-2)30-10-28-16/h3-6,13-14,17-18H,7-10H2,1-2H3/t13-,14-,17+,18+/m0/s1. The van der Waals surface area contributed by atoms with Crippen LogP contribution in [0.25, 0.3) is 0 Å². The second kappa shape index (κ2) is 6.85. The van der Waals surface area contributed by atoms with E-state index < -0.39 is 0 Å². The van der Waals surface area contributed by atoms with E-state index in [9.17, 15) is 0 Å². The third-order valence-electron chi connectivity index (χ3n) is 6.33. The van der Waals surface area contributed by atoms with E-state index in [2.05, 4.69) is 0 Å². The van der Waals surface area contributed by atoms with Crippen LogP contribution in [0, 0.1) is 11.8 Å². The zero-order chi connectivity index (χ0) is 20.2. The molecule has 6 rings (SSSR count). The molecule has 30 heavy (non-hydrogen) atoms. The van der Waals surface area contributed by atoms with Gasteiger partial charge < -0.3 is 37.9 Å². The predicted molar refractivity (Wildman–Crippen MR) is 103 cm³/mol. The van der Waals surface area contributed by atoms with Gasteiger partial charge in [-0.1, -0.05) is 0 Å². The van der Waals surface area contributed by atoms with Gasteiger partial charge >= 0.3 is 0 Å². The van der Waals surface area contributed by atoms with E-state index in [1.165, 1.54) is 0 Å². The van der Waals surface area contributed by atoms with Crippen molar-refractivity contribution in [1.82, 2.24) is 0 Å². The molecule has 4 aliphatic heterocycles. The molecule has 2 aromatic rings. The number of fused-ring (bicyclic) bond motifs is 3. The van der Waals surface area contributed by atoms with Gasteiger partial charge in [0.25, 0.3) is 0 Å². The maximum absolute atomic E-state index is 6.27. The van der Waals surface area contributed by atoms with E-state index in [-0.39, 0.29) is 37.6 Å². The Morgan fingerprint density at radius 2 is 1.13 bits per heavy atom. The molecule has 158 valence electrons. The molecule has 2 fully saturated rings. The minimum Gasteiger partial charge on any atom is -0.492 e. The molecule has 0 aliphatic carbocycles. The highest BCUT2D eigenvalue weighted by Gasteiger charge is 2.50. The maximum atomic E-state index is 6.27. The van der Waals surface area contributed by atoms with Crippen molar-refractivity contribution in [3.8, 4) is 34.5 Å². The summed E-state index contributed by atoms with van der Waals surface area (Å²) in [5.74, 6) is 4.34. The van der Waals surface area contributed by atoms with Crippen molar-refractivity contribution in [2.24, 2.45) is 11.8 Å². The topological polar surface area (TPSA) is 73.8 Å². The largest absolute Gasteiger partial charge is 0.492 e. The van der Waals surface area contributed by atoms with Gasteiger partial charge in [-0.05, 0) is 24.3 Å². The summed E-state index contributed by atoms with van der Waals surface area (Å²) in [6.07, 6.45) is -0.297. The van der Waals surface area contributed by atoms with Gasteiger partial charge in [-0.15, -0.1) is 0 Å². The molecule has 0 saturated carbocycles. The van der Waals surface area contributed by atoms with Gasteiger partial charge in [0.15, 0.2) is 23.0 Å². The lowest BCUT2D eigenvalue weighted by Gasteiger charge is -2.20. The molecule has 0 unspecified atom stereocenters. The smallest absolute Gasteiger partial charge is 0.231 e. The Bertz CT molecular complexity index is 910. The van der Waals surface area contributed by atoms with E-state index in [1.807, 2.05) is 24.3 Å². The van der Waals surface area contributed by atoms with Gasteiger partial charge in [0, 0.05) is 23.0 Å². The Morgan fingerprint density at radius 1 is 0.667 bits per heavy atom. The fraction of sp³-hybridized carbons (Fsp3) is 0.455. The van der Waals surface area contributed by atoms with E-state index in [1.54, 1.807) is 14.2 Å². The minimum atomic E-state index is -0.149. The number of hydrogen-bond acceptors (Lipinski definition) is 8. The molecule has 4 aliphatic rings. The molecule has 0 N–H and O–H groups in total. The average Bonchev–Trinajstić information content (AvgIpc) is 3.55. The molecular weight excluding hydrogens is 392 g/mol. The van der Waals surface area contributed by atoms with E-state index in [0.717, 1.165) is 11.1 Å². The zero-order valence-corrected chi connectivity index (χ0v) is 16.7. The summed E-state index contributed by atoms with van der Waals surface area (Å²) in [6.45, 7) is 1.55. The van der Waals surface area contributed by atoms with Crippen LogP contribution in [0.4, 0.5) is 0 Å². The van der Waals surface area contributed by atoms with Gasteiger partial charge in [-0.2, -0.15) is 0 Å². The van der Waals surface area contributed by atoms with Gasteiger partial charge in [0.1, 0.15) is 0 Å². The number of hydrogen-bond donors (Lipinski definition) is 0. The van der Waals surface area contributed by atoms with Crippen LogP contribution in [0.15, 0.2) is 24.3 Å². The quantitative estimate of drug-likeness (QED) is 0.755. The highest BCUT2D eigenvalue weighted by molar-refractivity contribution is 5.59. The van der Waals surface area contributed by atoms with E-state index in [0.29, 0.717) is 47.7 Å². The monoisotopic (exact) mass is 414 g/mol. The first-order chi connectivity index (χ1) is 14.8. The molecule has 0 bridgehead atoms. The molecule has 0 amide bonds. The Labute approximate surface area is 173 Å². The van der Waals surface area contributed by atoms with Crippen molar-refractivity contribution < 1.29 is 37.9 Å². The third kappa shape index (κ3) is 2.47. The van der Waals surface area contributed by atoms with Crippen LogP contribution in [-0.2, 0) is 9.47 Å². The summed E-state index contributed by atoms with van der Waals surface area (Å²) < 4.78 is 46.1. The first-order valence-corrected chi connectivity index (χ1v) is 9.96. The van der Waals surface area contributed by atoms with Crippen LogP contribution in [0.5, 0.6) is 34.5 Å². The second-order valence-corrected chi connectivity index (χ2v) is 7.68. The highest BCUT2D eigenvalue weighted by Crippen LogP contribution is 2.56. The maximum Gasteiger partial charge on any atom is 0.231 e. The molecule has 0 aromatic heterocycles. The van der Waals surface area contributed by atoms with Crippen LogP contribution in [-0.4, -0.2) is 41.0 Å². The van der Waals surface area contributed by atoms with Crippen LogP contribution >= 0.6 is 0 Å². The molecule has 4 atom stereocenters. The Morgan fingerprint density at radius 3 is 1.57 bits per heavy atom. The van der Waals surface area contributed by atoms with E-state index >= 15 is 0 Å². The van der Waals surface area contributed by atoms with Gasteiger partial charge in [0.05, 0.1) is 39.6 Å². The fourth-order valence-electron chi connectivity index (χ4n) is 4.98. The number of ether oxygens (including phenoxy) is 8. The fourth-order valence-corrected chi connectivity index (χ4v) is 4.98. The first-order valence-electron chi connectivity index (χ1n) is 9.96. The molecule has 2 saturated heterocycles. The summed E-state index contributed by atoms with van der Waals surface area (Å²) in [4.78, 5) is 0.